The van der Waals surface area contributed by atoms with Gasteiger partial charge in [-0.2, -0.15) is 10.1 Å². The van der Waals surface area contributed by atoms with E-state index in [0.717, 1.165) is 24.0 Å². The highest BCUT2D eigenvalue weighted by molar-refractivity contribution is 5.94. The zero-order valence-electron chi connectivity index (χ0n) is 16.4. The molecule has 0 spiro atoms. The van der Waals surface area contributed by atoms with Crippen LogP contribution >= 0.6 is 0 Å². The van der Waals surface area contributed by atoms with Gasteiger partial charge in [0.05, 0.1) is 31.0 Å². The summed E-state index contributed by atoms with van der Waals surface area (Å²) in [6.07, 6.45) is 5.05. The first kappa shape index (κ1) is 19.3. The second-order valence-electron chi connectivity index (χ2n) is 6.91. The topological polar surface area (TPSA) is 104 Å². The van der Waals surface area contributed by atoms with Crippen LogP contribution in [-0.4, -0.2) is 46.7 Å². The monoisotopic (exact) mass is 397 g/mol. The van der Waals surface area contributed by atoms with Gasteiger partial charge in [0.1, 0.15) is 6.61 Å². The van der Waals surface area contributed by atoms with E-state index in [9.17, 15) is 4.79 Å². The Morgan fingerprint density at radius 2 is 2.24 bits per heavy atom. The number of methoxy groups -OCH3 is 2. The molecular weight excluding hydrogens is 374 g/mol. The molecule has 1 atom stereocenters. The molecule has 1 aliphatic rings. The number of fused-ring (bicyclic) bond motifs is 1. The van der Waals surface area contributed by atoms with Crippen LogP contribution in [0.3, 0.4) is 0 Å². The molecule has 4 rings (SSSR count). The van der Waals surface area contributed by atoms with Crippen molar-refractivity contribution in [1.82, 2.24) is 25.2 Å². The van der Waals surface area contributed by atoms with Gasteiger partial charge < -0.3 is 19.3 Å². The molecule has 152 valence electrons. The maximum atomic E-state index is 12.6. The van der Waals surface area contributed by atoms with Crippen molar-refractivity contribution in [3.63, 3.8) is 0 Å². The van der Waals surface area contributed by atoms with Gasteiger partial charge in [0.15, 0.2) is 0 Å². The van der Waals surface area contributed by atoms with Crippen molar-refractivity contribution < 1.29 is 18.8 Å². The number of carbonyl (C=O) groups is 1. The average molecular weight is 397 g/mol. The highest BCUT2D eigenvalue weighted by atomic mass is 16.5. The number of hydrogen-bond donors (Lipinski definition) is 1. The number of carbonyl (C=O) groups excluding carboxylic acids is 1. The van der Waals surface area contributed by atoms with Crippen molar-refractivity contribution in [2.75, 3.05) is 20.8 Å². The molecule has 9 heteroatoms. The number of nitrogens with one attached hydrogen (secondary N) is 1. The lowest BCUT2D eigenvalue weighted by molar-refractivity contribution is 0.0936. The van der Waals surface area contributed by atoms with Gasteiger partial charge >= 0.3 is 0 Å². The second kappa shape index (κ2) is 8.54. The number of aryl methyl sites for hydroxylation is 1. The molecule has 1 aliphatic carbocycles. The first-order valence-corrected chi connectivity index (χ1v) is 9.45. The summed E-state index contributed by atoms with van der Waals surface area (Å²) in [5, 5.41) is 11.3. The van der Waals surface area contributed by atoms with Gasteiger partial charge in [0.25, 0.3) is 11.8 Å². The van der Waals surface area contributed by atoms with Gasteiger partial charge in [-0.1, -0.05) is 17.3 Å². The molecule has 1 amide bonds. The minimum absolute atomic E-state index is 0.0248. The van der Waals surface area contributed by atoms with E-state index in [4.69, 9.17) is 14.0 Å². The number of amides is 1. The number of nitrogens with zero attached hydrogens (tertiary/aromatic N) is 4. The van der Waals surface area contributed by atoms with Crippen LogP contribution in [0.1, 0.15) is 39.8 Å². The highest BCUT2D eigenvalue weighted by Gasteiger charge is 2.25. The molecule has 3 aromatic rings. The average Bonchev–Trinajstić information content (AvgIpc) is 3.46. The first-order valence-electron chi connectivity index (χ1n) is 9.45. The molecule has 29 heavy (non-hydrogen) atoms. The number of benzene rings is 1. The van der Waals surface area contributed by atoms with Crippen molar-refractivity contribution in [2.24, 2.45) is 0 Å². The molecule has 0 saturated heterocycles. The number of rotatable bonds is 8. The van der Waals surface area contributed by atoms with E-state index in [2.05, 4.69) is 26.6 Å². The Morgan fingerprint density at radius 1 is 1.34 bits per heavy atom. The van der Waals surface area contributed by atoms with Crippen LogP contribution in [0.15, 0.2) is 35.1 Å². The molecule has 2 aromatic heterocycles. The molecule has 1 N–H and O–H groups in total. The summed E-state index contributed by atoms with van der Waals surface area (Å²) in [4.78, 5) is 16.9. The lowest BCUT2D eigenvalue weighted by atomic mass is 10.0. The normalized spacial score (nSPS) is 15.4. The molecule has 0 bridgehead atoms. The third-order valence-corrected chi connectivity index (χ3v) is 4.94. The maximum Gasteiger partial charge on any atom is 0.254 e. The number of ether oxygens (including phenoxy) is 2. The molecule has 2 heterocycles. The SMILES string of the molecule is COCCn1cc(C(=O)N[C@@H]2CCc3cc(-c4noc(COC)n4)ccc32)cn1. The molecule has 0 radical (unpaired) electrons. The van der Waals surface area contributed by atoms with Crippen LogP contribution in [0.25, 0.3) is 11.4 Å². The molecule has 0 unspecified atom stereocenters. The Kier molecular flexibility index (Phi) is 5.68. The zero-order chi connectivity index (χ0) is 20.2. The fourth-order valence-electron chi connectivity index (χ4n) is 3.49. The van der Waals surface area contributed by atoms with Crippen molar-refractivity contribution in [3.05, 3.63) is 53.2 Å². The summed E-state index contributed by atoms with van der Waals surface area (Å²) in [6, 6.07) is 6.01. The zero-order valence-corrected chi connectivity index (χ0v) is 16.4. The van der Waals surface area contributed by atoms with Crippen LogP contribution in [0.4, 0.5) is 0 Å². The van der Waals surface area contributed by atoms with Crippen molar-refractivity contribution >= 4 is 5.91 Å². The van der Waals surface area contributed by atoms with E-state index >= 15 is 0 Å². The van der Waals surface area contributed by atoms with Crippen LogP contribution in [0.5, 0.6) is 0 Å². The summed E-state index contributed by atoms with van der Waals surface area (Å²) in [6.45, 7) is 1.45. The van der Waals surface area contributed by atoms with E-state index in [1.807, 2.05) is 12.1 Å². The van der Waals surface area contributed by atoms with E-state index < -0.39 is 0 Å². The van der Waals surface area contributed by atoms with Crippen molar-refractivity contribution in [1.29, 1.82) is 0 Å². The van der Waals surface area contributed by atoms with E-state index in [1.54, 1.807) is 31.3 Å². The summed E-state index contributed by atoms with van der Waals surface area (Å²) >= 11 is 0. The molecule has 0 saturated carbocycles. The summed E-state index contributed by atoms with van der Waals surface area (Å²) in [7, 11) is 3.22. The quantitative estimate of drug-likeness (QED) is 0.621. The van der Waals surface area contributed by atoms with Gasteiger partial charge in [-0.3, -0.25) is 9.48 Å². The maximum absolute atomic E-state index is 12.6. The molecule has 9 nitrogen and oxygen atoms in total. The van der Waals surface area contributed by atoms with Crippen LogP contribution in [-0.2, 0) is 29.0 Å². The van der Waals surface area contributed by atoms with Gasteiger partial charge in [-0.25, -0.2) is 0 Å². The molecule has 1 aromatic carbocycles. The van der Waals surface area contributed by atoms with Crippen LogP contribution in [0, 0.1) is 0 Å². The lowest BCUT2D eigenvalue weighted by Gasteiger charge is -2.13. The fourth-order valence-corrected chi connectivity index (χ4v) is 3.49. The molecular formula is C20H23N5O4. The van der Waals surface area contributed by atoms with E-state index in [-0.39, 0.29) is 18.6 Å². The lowest BCUT2D eigenvalue weighted by Crippen LogP contribution is -2.26. The Balaban J connectivity index is 1.44. The largest absolute Gasteiger partial charge is 0.383 e. The molecule has 0 fully saturated rings. The first-order chi connectivity index (χ1) is 14.2. The second-order valence-corrected chi connectivity index (χ2v) is 6.91. The van der Waals surface area contributed by atoms with E-state index in [1.165, 1.54) is 5.56 Å². The Morgan fingerprint density at radius 3 is 3.07 bits per heavy atom. The Labute approximate surface area is 168 Å². The summed E-state index contributed by atoms with van der Waals surface area (Å²) in [5.74, 6) is 0.855. The van der Waals surface area contributed by atoms with Gasteiger partial charge in [-0.05, 0) is 30.0 Å². The van der Waals surface area contributed by atoms with Crippen molar-refractivity contribution in [3.8, 4) is 11.4 Å². The Bertz CT molecular complexity index is 996. The third-order valence-electron chi connectivity index (χ3n) is 4.94. The van der Waals surface area contributed by atoms with E-state index in [0.29, 0.717) is 30.4 Å². The number of aromatic nitrogens is 4. The van der Waals surface area contributed by atoms with Crippen molar-refractivity contribution in [2.45, 2.75) is 32.0 Å². The Hall–Kier alpha value is -3.04. The van der Waals surface area contributed by atoms with Crippen LogP contribution < -0.4 is 5.32 Å². The van der Waals surface area contributed by atoms with Gasteiger partial charge in [-0.15, -0.1) is 0 Å². The molecule has 0 aliphatic heterocycles. The highest BCUT2D eigenvalue weighted by Crippen LogP contribution is 2.34. The summed E-state index contributed by atoms with van der Waals surface area (Å²) in [5.41, 5.74) is 3.74. The summed E-state index contributed by atoms with van der Waals surface area (Å²) < 4.78 is 16.9. The fraction of sp³-hybridized carbons (Fsp3) is 0.400. The number of hydrogen-bond acceptors (Lipinski definition) is 7. The smallest absolute Gasteiger partial charge is 0.254 e. The minimum atomic E-state index is -0.127. The predicted molar refractivity (Wildman–Crippen MR) is 103 cm³/mol. The minimum Gasteiger partial charge on any atom is -0.383 e. The van der Waals surface area contributed by atoms with Gasteiger partial charge in [0.2, 0.25) is 5.82 Å². The standard InChI is InChI=1S/C20H23N5O4/c1-27-8-7-25-11-15(10-21-25)20(26)22-17-6-4-13-9-14(3-5-16(13)17)19-23-18(12-28-2)29-24-19/h3,5,9-11,17H,4,6-8,12H2,1-2H3,(H,22,26)/t17-/m1/s1. The third kappa shape index (κ3) is 4.20. The van der Waals surface area contributed by atoms with Crippen LogP contribution in [0.2, 0.25) is 0 Å². The predicted octanol–water partition coefficient (Wildman–Crippen LogP) is 2.14. The van der Waals surface area contributed by atoms with Gasteiger partial charge in [0, 0.05) is 26.0 Å².